The molecule has 5 rings (SSSR count). The second kappa shape index (κ2) is 10.3. The van der Waals surface area contributed by atoms with Crippen molar-refractivity contribution in [3.05, 3.63) is 54.1 Å². The maximum absolute atomic E-state index is 12.9. The first kappa shape index (κ1) is 22.5. The van der Waals surface area contributed by atoms with E-state index in [1.165, 1.54) is 10.1 Å². The average Bonchev–Trinajstić information content (AvgIpc) is 3.46. The number of hydrogen-bond acceptors (Lipinski definition) is 7. The van der Waals surface area contributed by atoms with E-state index in [2.05, 4.69) is 34.1 Å². The van der Waals surface area contributed by atoms with E-state index in [-0.39, 0.29) is 11.2 Å². The molecule has 3 heterocycles. The van der Waals surface area contributed by atoms with Crippen LogP contribution in [0.25, 0.3) is 10.1 Å². The molecule has 2 saturated heterocycles. The SMILES string of the molecule is COc1ccc(C2SCN(CCCCN3CCN(c4nsc5ccccc45)CC3)C2=O)cc1. The molecule has 33 heavy (non-hydrogen) atoms. The van der Waals surface area contributed by atoms with Crippen molar-refractivity contribution in [2.24, 2.45) is 0 Å². The first-order chi connectivity index (χ1) is 16.2. The van der Waals surface area contributed by atoms with E-state index in [4.69, 9.17) is 9.11 Å². The minimum Gasteiger partial charge on any atom is -0.497 e. The summed E-state index contributed by atoms with van der Waals surface area (Å²) in [6.45, 7) is 6.15. The van der Waals surface area contributed by atoms with Gasteiger partial charge in [-0.3, -0.25) is 9.69 Å². The van der Waals surface area contributed by atoms with Crippen LogP contribution in [-0.4, -0.2) is 72.3 Å². The van der Waals surface area contributed by atoms with Gasteiger partial charge in [0, 0.05) is 38.1 Å². The quantitative estimate of drug-likeness (QED) is 0.441. The lowest BCUT2D eigenvalue weighted by atomic mass is 10.1. The summed E-state index contributed by atoms with van der Waals surface area (Å²) in [6.07, 6.45) is 2.18. The molecule has 2 aliphatic heterocycles. The Morgan fingerprint density at radius 1 is 1.00 bits per heavy atom. The highest BCUT2D eigenvalue weighted by Crippen LogP contribution is 2.38. The number of anilines is 1. The fourth-order valence-corrected chi connectivity index (χ4v) is 6.60. The van der Waals surface area contributed by atoms with Crippen LogP contribution < -0.4 is 9.64 Å². The lowest BCUT2D eigenvalue weighted by Crippen LogP contribution is -2.46. The molecule has 0 bridgehead atoms. The Morgan fingerprint density at radius 2 is 1.76 bits per heavy atom. The van der Waals surface area contributed by atoms with E-state index in [0.29, 0.717) is 0 Å². The third-order valence-corrected chi connectivity index (χ3v) is 8.62. The lowest BCUT2D eigenvalue weighted by molar-refractivity contribution is -0.128. The zero-order valence-corrected chi connectivity index (χ0v) is 20.6. The summed E-state index contributed by atoms with van der Waals surface area (Å²) in [4.78, 5) is 19.8. The van der Waals surface area contributed by atoms with Crippen LogP contribution in [0.1, 0.15) is 23.7 Å². The van der Waals surface area contributed by atoms with Gasteiger partial charge in [-0.1, -0.05) is 24.3 Å². The summed E-state index contributed by atoms with van der Waals surface area (Å²) in [6, 6.07) is 16.4. The average molecular weight is 483 g/mol. The predicted molar refractivity (Wildman–Crippen MR) is 137 cm³/mol. The van der Waals surface area contributed by atoms with Gasteiger partial charge in [0.05, 0.1) is 17.7 Å². The number of amides is 1. The molecule has 0 radical (unpaired) electrons. The van der Waals surface area contributed by atoms with Crippen LogP contribution in [0.4, 0.5) is 5.82 Å². The van der Waals surface area contributed by atoms with Gasteiger partial charge in [0.15, 0.2) is 0 Å². The molecule has 2 fully saturated rings. The van der Waals surface area contributed by atoms with E-state index in [1.54, 1.807) is 30.4 Å². The minimum absolute atomic E-state index is 0.0780. The van der Waals surface area contributed by atoms with Crippen molar-refractivity contribution in [3.63, 3.8) is 0 Å². The number of thioether (sulfide) groups is 1. The Morgan fingerprint density at radius 3 is 2.55 bits per heavy atom. The number of benzene rings is 2. The number of unbranched alkanes of at least 4 members (excludes halogenated alkanes) is 1. The summed E-state index contributed by atoms with van der Waals surface area (Å²) in [5.41, 5.74) is 1.07. The van der Waals surface area contributed by atoms with E-state index >= 15 is 0 Å². The molecule has 174 valence electrons. The number of carbonyl (C=O) groups is 1. The van der Waals surface area contributed by atoms with Gasteiger partial charge in [-0.05, 0) is 60.7 Å². The van der Waals surface area contributed by atoms with Crippen LogP contribution in [0.15, 0.2) is 48.5 Å². The van der Waals surface area contributed by atoms with Gasteiger partial charge in [0.1, 0.15) is 16.8 Å². The normalized spacial score (nSPS) is 19.5. The van der Waals surface area contributed by atoms with Gasteiger partial charge < -0.3 is 14.5 Å². The van der Waals surface area contributed by atoms with Gasteiger partial charge in [-0.25, -0.2) is 0 Å². The molecule has 1 atom stereocenters. The highest BCUT2D eigenvalue weighted by molar-refractivity contribution is 8.00. The van der Waals surface area contributed by atoms with E-state index in [1.807, 2.05) is 29.2 Å². The van der Waals surface area contributed by atoms with Crippen LogP contribution >= 0.6 is 23.3 Å². The molecule has 1 aromatic heterocycles. The van der Waals surface area contributed by atoms with E-state index in [9.17, 15) is 4.79 Å². The van der Waals surface area contributed by atoms with Crippen LogP contribution in [0.2, 0.25) is 0 Å². The lowest BCUT2D eigenvalue weighted by Gasteiger charge is -2.35. The maximum Gasteiger partial charge on any atom is 0.240 e. The molecule has 6 nitrogen and oxygen atoms in total. The monoisotopic (exact) mass is 482 g/mol. The zero-order valence-electron chi connectivity index (χ0n) is 19.0. The van der Waals surface area contributed by atoms with Crippen LogP contribution in [0.5, 0.6) is 5.75 Å². The van der Waals surface area contributed by atoms with Crippen LogP contribution in [0, 0.1) is 0 Å². The number of rotatable bonds is 8. The number of nitrogens with zero attached hydrogens (tertiary/aromatic N) is 4. The van der Waals surface area contributed by atoms with Gasteiger partial charge in [0.2, 0.25) is 5.91 Å². The van der Waals surface area contributed by atoms with Crippen molar-refractivity contribution in [3.8, 4) is 5.75 Å². The first-order valence-corrected chi connectivity index (χ1v) is 13.4. The molecule has 0 N–H and O–H groups in total. The summed E-state index contributed by atoms with van der Waals surface area (Å²) in [5, 5.41) is 1.20. The second-order valence-corrected chi connectivity index (χ2v) is 10.5. The summed E-state index contributed by atoms with van der Waals surface area (Å²) in [5.74, 6) is 3.00. The topological polar surface area (TPSA) is 48.9 Å². The fraction of sp³-hybridized carbons (Fsp3) is 0.440. The van der Waals surface area contributed by atoms with Gasteiger partial charge in [-0.2, -0.15) is 4.37 Å². The van der Waals surface area contributed by atoms with E-state index < -0.39 is 0 Å². The Balaban J connectivity index is 1.04. The predicted octanol–water partition coefficient (Wildman–Crippen LogP) is 4.48. The molecule has 0 aliphatic carbocycles. The number of hydrogen-bond donors (Lipinski definition) is 0. The van der Waals surface area contributed by atoms with Crippen molar-refractivity contribution < 1.29 is 9.53 Å². The molecule has 1 unspecified atom stereocenters. The summed E-state index contributed by atoms with van der Waals surface area (Å²) < 4.78 is 11.2. The Labute approximate surface area is 203 Å². The molecule has 8 heteroatoms. The Kier molecular flexibility index (Phi) is 7.04. The molecular formula is C25H30N4O2S2. The number of piperazine rings is 1. The third kappa shape index (κ3) is 4.98. The number of ether oxygens (including phenoxy) is 1. The van der Waals surface area contributed by atoms with Crippen molar-refractivity contribution in [2.75, 3.05) is 57.2 Å². The first-order valence-electron chi connectivity index (χ1n) is 11.6. The number of carbonyl (C=O) groups excluding carboxylic acids is 1. The Hall–Kier alpha value is -2.29. The highest BCUT2D eigenvalue weighted by atomic mass is 32.2. The summed E-state index contributed by atoms with van der Waals surface area (Å²) in [7, 11) is 1.66. The fourth-order valence-electron chi connectivity index (χ4n) is 4.58. The van der Waals surface area contributed by atoms with Crippen molar-refractivity contribution >= 4 is 45.1 Å². The van der Waals surface area contributed by atoms with Gasteiger partial charge >= 0.3 is 0 Å². The zero-order chi connectivity index (χ0) is 22.6. The van der Waals surface area contributed by atoms with E-state index in [0.717, 1.165) is 75.1 Å². The minimum atomic E-state index is -0.0780. The van der Waals surface area contributed by atoms with Gasteiger partial charge in [-0.15, -0.1) is 11.8 Å². The van der Waals surface area contributed by atoms with Crippen LogP contribution in [0.3, 0.4) is 0 Å². The maximum atomic E-state index is 12.9. The molecule has 2 aromatic carbocycles. The number of methoxy groups -OCH3 is 1. The molecule has 0 spiro atoms. The number of fused-ring (bicyclic) bond motifs is 1. The standard InChI is InChI=1S/C25H30N4O2S2/c1-31-20-10-8-19(9-11-20)23-25(30)29(18-32-23)13-5-4-12-27-14-16-28(17-15-27)24-21-6-2-3-7-22(21)33-26-24/h2-3,6-11,23H,4-5,12-18H2,1H3. The highest BCUT2D eigenvalue weighted by Gasteiger charge is 2.33. The second-order valence-electron chi connectivity index (χ2n) is 8.59. The van der Waals surface area contributed by atoms with Crippen LogP contribution in [-0.2, 0) is 4.79 Å². The van der Waals surface area contributed by atoms with Crippen molar-refractivity contribution in [2.45, 2.75) is 18.1 Å². The van der Waals surface area contributed by atoms with Crippen molar-refractivity contribution in [1.82, 2.24) is 14.2 Å². The van der Waals surface area contributed by atoms with Gasteiger partial charge in [0.25, 0.3) is 0 Å². The molecule has 2 aliphatic rings. The third-order valence-electron chi connectivity index (χ3n) is 6.53. The molecule has 0 saturated carbocycles. The smallest absolute Gasteiger partial charge is 0.240 e. The largest absolute Gasteiger partial charge is 0.497 e. The Bertz CT molecular complexity index is 1080. The molecule has 1 amide bonds. The number of aromatic nitrogens is 1. The molecule has 3 aromatic rings. The van der Waals surface area contributed by atoms with Crippen molar-refractivity contribution in [1.29, 1.82) is 0 Å². The summed E-state index contributed by atoms with van der Waals surface area (Å²) >= 11 is 3.32. The molecular weight excluding hydrogens is 452 g/mol.